The van der Waals surface area contributed by atoms with Gasteiger partial charge in [-0.3, -0.25) is 0 Å². The van der Waals surface area contributed by atoms with Crippen LogP contribution in [-0.2, 0) is 6.42 Å². The van der Waals surface area contributed by atoms with Crippen molar-refractivity contribution < 1.29 is 4.74 Å². The highest BCUT2D eigenvalue weighted by Crippen LogP contribution is 2.18. The van der Waals surface area contributed by atoms with Gasteiger partial charge in [0.15, 0.2) is 0 Å². The number of ether oxygens (including phenoxy) is 1. The van der Waals surface area contributed by atoms with Crippen LogP contribution in [-0.4, -0.2) is 31.2 Å². The minimum Gasteiger partial charge on any atom is -0.496 e. The molecule has 2 nitrogen and oxygen atoms in total. The van der Waals surface area contributed by atoms with Crippen molar-refractivity contribution in [2.24, 2.45) is 0 Å². The molecular formula is C15H25NOS. The maximum atomic E-state index is 5.38. The SMILES string of the molecule is COc1ccccc1CC(C)NCCC(C)SC. The Kier molecular flexibility index (Phi) is 7.21. The molecule has 0 heterocycles. The second kappa shape index (κ2) is 8.44. The van der Waals surface area contributed by atoms with E-state index >= 15 is 0 Å². The first-order valence-corrected chi connectivity index (χ1v) is 7.84. The molecule has 1 rings (SSSR count). The van der Waals surface area contributed by atoms with Crippen LogP contribution in [0.5, 0.6) is 5.75 Å². The third-order valence-electron chi connectivity index (χ3n) is 3.16. The summed E-state index contributed by atoms with van der Waals surface area (Å²) in [6, 6.07) is 8.73. The van der Waals surface area contributed by atoms with Gasteiger partial charge in [0.2, 0.25) is 0 Å². The summed E-state index contributed by atoms with van der Waals surface area (Å²) < 4.78 is 5.38. The molecule has 2 unspecified atom stereocenters. The Labute approximate surface area is 116 Å². The number of methoxy groups -OCH3 is 1. The van der Waals surface area contributed by atoms with Gasteiger partial charge >= 0.3 is 0 Å². The van der Waals surface area contributed by atoms with E-state index in [0.29, 0.717) is 6.04 Å². The van der Waals surface area contributed by atoms with Gasteiger partial charge in [0.25, 0.3) is 0 Å². The molecule has 2 atom stereocenters. The van der Waals surface area contributed by atoms with Crippen LogP contribution in [0.15, 0.2) is 24.3 Å². The molecule has 0 spiro atoms. The maximum Gasteiger partial charge on any atom is 0.122 e. The van der Waals surface area contributed by atoms with Gasteiger partial charge in [0, 0.05) is 11.3 Å². The standard InChI is InChI=1S/C15H25NOS/c1-12(16-10-9-13(2)18-4)11-14-7-5-6-8-15(14)17-3/h5-8,12-13,16H,9-11H2,1-4H3. The summed E-state index contributed by atoms with van der Waals surface area (Å²) >= 11 is 1.93. The zero-order valence-electron chi connectivity index (χ0n) is 11.9. The Balaban J connectivity index is 2.37. The third-order valence-corrected chi connectivity index (χ3v) is 4.21. The lowest BCUT2D eigenvalue weighted by Crippen LogP contribution is -2.30. The van der Waals surface area contributed by atoms with Crippen LogP contribution in [0.3, 0.4) is 0 Å². The summed E-state index contributed by atoms with van der Waals surface area (Å²) in [5, 5.41) is 4.31. The molecule has 0 fully saturated rings. The Morgan fingerprint density at radius 3 is 2.67 bits per heavy atom. The molecule has 0 aromatic heterocycles. The second-order valence-electron chi connectivity index (χ2n) is 4.71. The average molecular weight is 267 g/mol. The highest BCUT2D eigenvalue weighted by Gasteiger charge is 2.07. The fourth-order valence-corrected chi connectivity index (χ4v) is 2.28. The largest absolute Gasteiger partial charge is 0.496 e. The van der Waals surface area contributed by atoms with Crippen LogP contribution < -0.4 is 10.1 Å². The van der Waals surface area contributed by atoms with Gasteiger partial charge < -0.3 is 10.1 Å². The van der Waals surface area contributed by atoms with Gasteiger partial charge in [-0.25, -0.2) is 0 Å². The predicted molar refractivity (Wildman–Crippen MR) is 81.8 cm³/mol. The average Bonchev–Trinajstić information content (AvgIpc) is 2.39. The summed E-state index contributed by atoms with van der Waals surface area (Å²) in [6.07, 6.45) is 4.40. The van der Waals surface area contributed by atoms with Gasteiger partial charge in [-0.05, 0) is 44.2 Å². The van der Waals surface area contributed by atoms with Crippen LogP contribution in [0.4, 0.5) is 0 Å². The van der Waals surface area contributed by atoms with E-state index in [1.54, 1.807) is 7.11 Å². The number of benzene rings is 1. The molecule has 102 valence electrons. The van der Waals surface area contributed by atoms with Crippen molar-refractivity contribution in [3.63, 3.8) is 0 Å². The van der Waals surface area contributed by atoms with E-state index in [4.69, 9.17) is 4.74 Å². The molecule has 0 bridgehead atoms. The topological polar surface area (TPSA) is 21.3 Å². The molecule has 0 aliphatic carbocycles. The Morgan fingerprint density at radius 1 is 1.28 bits per heavy atom. The second-order valence-corrected chi connectivity index (χ2v) is 5.98. The molecule has 1 N–H and O–H groups in total. The van der Waals surface area contributed by atoms with E-state index in [-0.39, 0.29) is 0 Å². The van der Waals surface area contributed by atoms with E-state index in [0.717, 1.165) is 24.0 Å². The van der Waals surface area contributed by atoms with Crippen LogP contribution in [0, 0.1) is 0 Å². The number of para-hydroxylation sites is 1. The zero-order valence-corrected chi connectivity index (χ0v) is 12.7. The van der Waals surface area contributed by atoms with Gasteiger partial charge in [-0.1, -0.05) is 25.1 Å². The van der Waals surface area contributed by atoms with Gasteiger partial charge in [0.05, 0.1) is 7.11 Å². The molecule has 0 amide bonds. The highest BCUT2D eigenvalue weighted by molar-refractivity contribution is 7.99. The van der Waals surface area contributed by atoms with Crippen molar-refractivity contribution in [1.29, 1.82) is 0 Å². The molecular weight excluding hydrogens is 242 g/mol. The minimum atomic E-state index is 0.482. The van der Waals surface area contributed by atoms with Crippen LogP contribution in [0.2, 0.25) is 0 Å². The van der Waals surface area contributed by atoms with Crippen molar-refractivity contribution in [2.75, 3.05) is 19.9 Å². The Bertz CT molecular complexity index is 343. The Hall–Kier alpha value is -0.670. The molecule has 0 aliphatic rings. The van der Waals surface area contributed by atoms with Crippen molar-refractivity contribution in [2.45, 2.75) is 38.0 Å². The summed E-state index contributed by atoms with van der Waals surface area (Å²) in [5.74, 6) is 0.989. The monoisotopic (exact) mass is 267 g/mol. The lowest BCUT2D eigenvalue weighted by molar-refractivity contribution is 0.406. The predicted octanol–water partition coefficient (Wildman–Crippen LogP) is 3.36. The Morgan fingerprint density at radius 2 is 2.00 bits per heavy atom. The van der Waals surface area contributed by atoms with Crippen LogP contribution >= 0.6 is 11.8 Å². The summed E-state index contributed by atoms with van der Waals surface area (Å²) in [6.45, 7) is 5.59. The summed E-state index contributed by atoms with van der Waals surface area (Å²) in [7, 11) is 1.73. The first-order valence-electron chi connectivity index (χ1n) is 6.55. The number of thioether (sulfide) groups is 1. The minimum absolute atomic E-state index is 0.482. The summed E-state index contributed by atoms with van der Waals surface area (Å²) in [4.78, 5) is 0. The lowest BCUT2D eigenvalue weighted by Gasteiger charge is -2.17. The van der Waals surface area contributed by atoms with Crippen molar-refractivity contribution >= 4 is 11.8 Å². The van der Waals surface area contributed by atoms with Gasteiger partial charge in [-0.2, -0.15) is 11.8 Å². The molecule has 0 saturated heterocycles. The van der Waals surface area contributed by atoms with E-state index in [1.165, 1.54) is 12.0 Å². The van der Waals surface area contributed by atoms with Gasteiger partial charge in [0.1, 0.15) is 5.75 Å². The fraction of sp³-hybridized carbons (Fsp3) is 0.600. The fourth-order valence-electron chi connectivity index (χ4n) is 1.92. The first kappa shape index (κ1) is 15.4. The molecule has 18 heavy (non-hydrogen) atoms. The number of hydrogen-bond acceptors (Lipinski definition) is 3. The number of hydrogen-bond donors (Lipinski definition) is 1. The number of nitrogens with one attached hydrogen (secondary N) is 1. The van der Waals surface area contributed by atoms with E-state index < -0.39 is 0 Å². The molecule has 1 aromatic rings. The smallest absolute Gasteiger partial charge is 0.122 e. The van der Waals surface area contributed by atoms with Crippen molar-refractivity contribution in [1.82, 2.24) is 5.32 Å². The molecule has 0 aliphatic heterocycles. The van der Waals surface area contributed by atoms with E-state index in [1.807, 2.05) is 23.9 Å². The lowest BCUT2D eigenvalue weighted by atomic mass is 10.1. The molecule has 0 radical (unpaired) electrons. The van der Waals surface area contributed by atoms with Crippen LogP contribution in [0.1, 0.15) is 25.8 Å². The van der Waals surface area contributed by atoms with Crippen molar-refractivity contribution in [3.8, 4) is 5.75 Å². The number of rotatable bonds is 8. The van der Waals surface area contributed by atoms with E-state index in [9.17, 15) is 0 Å². The third kappa shape index (κ3) is 5.32. The van der Waals surface area contributed by atoms with E-state index in [2.05, 4.69) is 37.6 Å². The molecule has 3 heteroatoms. The molecule has 1 aromatic carbocycles. The molecule has 0 saturated carbocycles. The highest BCUT2D eigenvalue weighted by atomic mass is 32.2. The summed E-state index contributed by atoms with van der Waals surface area (Å²) in [5.41, 5.74) is 1.28. The van der Waals surface area contributed by atoms with Crippen LogP contribution in [0.25, 0.3) is 0 Å². The first-order chi connectivity index (χ1) is 8.67. The maximum absolute atomic E-state index is 5.38. The van der Waals surface area contributed by atoms with Gasteiger partial charge in [-0.15, -0.1) is 0 Å². The zero-order chi connectivity index (χ0) is 13.4. The normalized spacial score (nSPS) is 14.2. The van der Waals surface area contributed by atoms with Crippen molar-refractivity contribution in [3.05, 3.63) is 29.8 Å². The quantitative estimate of drug-likeness (QED) is 0.780.